The van der Waals surface area contributed by atoms with E-state index in [0.717, 1.165) is 15.6 Å². The molecule has 2 rings (SSSR count). The number of carbonyl (C=O) groups excluding carboxylic acids is 1. The molecule has 1 aromatic heterocycles. The maximum absolute atomic E-state index is 12.2. The van der Waals surface area contributed by atoms with Crippen LogP contribution in [0.4, 0.5) is 0 Å². The average Bonchev–Trinajstić information content (AvgIpc) is 2.74. The Hall–Kier alpha value is -1.62. The standard InChI is InChI=1S/C14H16BrN3O/c1-9-4-11(6-13(15)5-9)14(19)17-10(2)12-7-16-18(3)8-12/h4-8,10H,1-3H3,(H,17,19)/t10-/m1/s1. The molecule has 1 N–H and O–H groups in total. The number of aromatic nitrogens is 2. The van der Waals surface area contributed by atoms with E-state index in [1.807, 2.05) is 45.3 Å². The average molecular weight is 322 g/mol. The third-order valence-corrected chi connectivity index (χ3v) is 3.33. The summed E-state index contributed by atoms with van der Waals surface area (Å²) in [6, 6.07) is 5.59. The van der Waals surface area contributed by atoms with E-state index in [1.54, 1.807) is 10.9 Å². The fourth-order valence-electron chi connectivity index (χ4n) is 1.89. The summed E-state index contributed by atoms with van der Waals surface area (Å²) in [6.45, 7) is 3.91. The first-order valence-electron chi connectivity index (χ1n) is 6.02. The van der Waals surface area contributed by atoms with E-state index in [4.69, 9.17) is 0 Å². The summed E-state index contributed by atoms with van der Waals surface area (Å²) < 4.78 is 2.63. The van der Waals surface area contributed by atoms with Crippen molar-refractivity contribution < 1.29 is 4.79 Å². The minimum absolute atomic E-state index is 0.0690. The second kappa shape index (κ2) is 5.57. The molecule has 0 aliphatic carbocycles. The predicted octanol–water partition coefficient (Wildman–Crippen LogP) is 2.98. The van der Waals surface area contributed by atoms with Crippen LogP contribution in [0.1, 0.15) is 34.5 Å². The zero-order valence-corrected chi connectivity index (χ0v) is 12.7. The van der Waals surface area contributed by atoms with E-state index in [0.29, 0.717) is 5.56 Å². The van der Waals surface area contributed by atoms with Crippen molar-refractivity contribution in [3.05, 3.63) is 51.8 Å². The summed E-state index contributed by atoms with van der Waals surface area (Å²) in [5, 5.41) is 7.07. The molecule has 0 unspecified atom stereocenters. The first kappa shape index (κ1) is 13.8. The van der Waals surface area contributed by atoms with Crippen molar-refractivity contribution in [3.63, 3.8) is 0 Å². The van der Waals surface area contributed by atoms with Gasteiger partial charge in [0.05, 0.1) is 12.2 Å². The summed E-state index contributed by atoms with van der Waals surface area (Å²) in [7, 11) is 1.86. The van der Waals surface area contributed by atoms with Crippen molar-refractivity contribution in [1.82, 2.24) is 15.1 Å². The molecule has 100 valence electrons. The Labute approximate surface area is 120 Å². The van der Waals surface area contributed by atoms with Crippen molar-refractivity contribution in [2.24, 2.45) is 7.05 Å². The second-order valence-corrected chi connectivity index (χ2v) is 5.58. The Bertz CT molecular complexity index is 586. The molecule has 0 radical (unpaired) electrons. The summed E-state index contributed by atoms with van der Waals surface area (Å²) in [6.07, 6.45) is 3.66. The topological polar surface area (TPSA) is 46.9 Å². The van der Waals surface area contributed by atoms with Gasteiger partial charge < -0.3 is 5.32 Å². The molecule has 19 heavy (non-hydrogen) atoms. The summed E-state index contributed by atoms with van der Waals surface area (Å²) in [5.41, 5.74) is 2.69. The number of aryl methyl sites for hydroxylation is 2. The molecule has 0 bridgehead atoms. The molecule has 1 atom stereocenters. The second-order valence-electron chi connectivity index (χ2n) is 4.66. The van der Waals surface area contributed by atoms with Gasteiger partial charge in [0.1, 0.15) is 0 Å². The van der Waals surface area contributed by atoms with Crippen LogP contribution in [-0.4, -0.2) is 15.7 Å². The van der Waals surface area contributed by atoms with Gasteiger partial charge in [0, 0.05) is 28.8 Å². The SMILES string of the molecule is Cc1cc(Br)cc(C(=O)N[C@H](C)c2cnn(C)c2)c1. The van der Waals surface area contributed by atoms with Crippen LogP contribution in [-0.2, 0) is 7.05 Å². The van der Waals surface area contributed by atoms with E-state index < -0.39 is 0 Å². The number of carbonyl (C=O) groups is 1. The molecule has 1 heterocycles. The Kier molecular flexibility index (Phi) is 4.04. The van der Waals surface area contributed by atoms with E-state index in [9.17, 15) is 4.79 Å². The molecular weight excluding hydrogens is 306 g/mol. The Morgan fingerprint density at radius 3 is 2.74 bits per heavy atom. The Morgan fingerprint density at radius 2 is 2.16 bits per heavy atom. The summed E-state index contributed by atoms with van der Waals surface area (Å²) in [4.78, 5) is 12.2. The van der Waals surface area contributed by atoms with Gasteiger partial charge in [-0.05, 0) is 37.6 Å². The quantitative estimate of drug-likeness (QED) is 0.944. The highest BCUT2D eigenvalue weighted by Crippen LogP contribution is 2.17. The number of benzene rings is 1. The largest absolute Gasteiger partial charge is 0.345 e. The summed E-state index contributed by atoms with van der Waals surface area (Å²) in [5.74, 6) is -0.0826. The molecular formula is C14H16BrN3O. The van der Waals surface area contributed by atoms with Crippen molar-refractivity contribution in [1.29, 1.82) is 0 Å². The van der Waals surface area contributed by atoms with Crippen molar-refractivity contribution in [2.75, 3.05) is 0 Å². The lowest BCUT2D eigenvalue weighted by atomic mass is 10.1. The van der Waals surface area contributed by atoms with Crippen LogP contribution in [0.25, 0.3) is 0 Å². The van der Waals surface area contributed by atoms with Gasteiger partial charge in [0.15, 0.2) is 0 Å². The van der Waals surface area contributed by atoms with Gasteiger partial charge in [-0.3, -0.25) is 9.48 Å². The van der Waals surface area contributed by atoms with E-state index in [-0.39, 0.29) is 11.9 Å². The predicted molar refractivity (Wildman–Crippen MR) is 78.0 cm³/mol. The van der Waals surface area contributed by atoms with Crippen LogP contribution >= 0.6 is 15.9 Å². The van der Waals surface area contributed by atoms with E-state index in [1.165, 1.54) is 0 Å². The Balaban J connectivity index is 2.12. The maximum atomic E-state index is 12.2. The normalized spacial score (nSPS) is 12.2. The highest BCUT2D eigenvalue weighted by atomic mass is 79.9. The maximum Gasteiger partial charge on any atom is 0.251 e. The fraction of sp³-hybridized carbons (Fsp3) is 0.286. The van der Waals surface area contributed by atoms with Crippen LogP contribution < -0.4 is 5.32 Å². The number of hydrogen-bond acceptors (Lipinski definition) is 2. The number of amides is 1. The van der Waals surface area contributed by atoms with E-state index in [2.05, 4.69) is 26.3 Å². The smallest absolute Gasteiger partial charge is 0.251 e. The lowest BCUT2D eigenvalue weighted by molar-refractivity contribution is 0.0939. The fourth-order valence-corrected chi connectivity index (χ4v) is 2.50. The zero-order chi connectivity index (χ0) is 14.0. The molecule has 0 fully saturated rings. The van der Waals surface area contributed by atoms with Gasteiger partial charge in [-0.15, -0.1) is 0 Å². The molecule has 1 aromatic carbocycles. The lowest BCUT2D eigenvalue weighted by Crippen LogP contribution is -2.26. The summed E-state index contributed by atoms with van der Waals surface area (Å²) >= 11 is 3.40. The third kappa shape index (κ3) is 3.44. The number of rotatable bonds is 3. The van der Waals surface area contributed by atoms with Gasteiger partial charge in [-0.1, -0.05) is 15.9 Å². The van der Waals surface area contributed by atoms with Gasteiger partial charge in [0.25, 0.3) is 5.91 Å². The lowest BCUT2D eigenvalue weighted by Gasteiger charge is -2.12. The first-order valence-corrected chi connectivity index (χ1v) is 6.81. The molecule has 0 saturated heterocycles. The molecule has 0 aliphatic rings. The van der Waals surface area contributed by atoms with Gasteiger partial charge in [0.2, 0.25) is 0 Å². The molecule has 0 saturated carbocycles. The molecule has 5 heteroatoms. The highest BCUT2D eigenvalue weighted by molar-refractivity contribution is 9.10. The van der Waals surface area contributed by atoms with Crippen molar-refractivity contribution >= 4 is 21.8 Å². The van der Waals surface area contributed by atoms with Gasteiger partial charge >= 0.3 is 0 Å². The number of nitrogens with one attached hydrogen (secondary N) is 1. The van der Waals surface area contributed by atoms with Gasteiger partial charge in [-0.2, -0.15) is 5.10 Å². The minimum Gasteiger partial charge on any atom is -0.345 e. The molecule has 2 aromatic rings. The minimum atomic E-state index is -0.0826. The molecule has 4 nitrogen and oxygen atoms in total. The van der Waals surface area contributed by atoms with Crippen molar-refractivity contribution in [2.45, 2.75) is 19.9 Å². The highest BCUT2D eigenvalue weighted by Gasteiger charge is 2.13. The number of hydrogen-bond donors (Lipinski definition) is 1. The van der Waals surface area contributed by atoms with E-state index >= 15 is 0 Å². The van der Waals surface area contributed by atoms with Crippen LogP contribution in [0.15, 0.2) is 35.1 Å². The van der Waals surface area contributed by atoms with Crippen LogP contribution in [0.5, 0.6) is 0 Å². The number of halogens is 1. The van der Waals surface area contributed by atoms with Crippen LogP contribution in [0.2, 0.25) is 0 Å². The van der Waals surface area contributed by atoms with Crippen molar-refractivity contribution in [3.8, 4) is 0 Å². The monoisotopic (exact) mass is 321 g/mol. The molecule has 0 aliphatic heterocycles. The molecule has 0 spiro atoms. The number of nitrogens with zero attached hydrogens (tertiary/aromatic N) is 2. The zero-order valence-electron chi connectivity index (χ0n) is 11.1. The Morgan fingerprint density at radius 1 is 1.42 bits per heavy atom. The van der Waals surface area contributed by atoms with Crippen LogP contribution in [0.3, 0.4) is 0 Å². The molecule has 1 amide bonds. The first-order chi connectivity index (χ1) is 8.95. The third-order valence-electron chi connectivity index (χ3n) is 2.88. The van der Waals surface area contributed by atoms with Gasteiger partial charge in [-0.25, -0.2) is 0 Å². The van der Waals surface area contributed by atoms with Crippen LogP contribution in [0, 0.1) is 6.92 Å².